The van der Waals surface area contributed by atoms with E-state index in [1.54, 1.807) is 0 Å². The Morgan fingerprint density at radius 2 is 2.10 bits per heavy atom. The van der Waals surface area contributed by atoms with Crippen molar-refractivity contribution in [2.45, 2.75) is 50.2 Å². The van der Waals surface area contributed by atoms with E-state index in [9.17, 15) is 10.2 Å². The van der Waals surface area contributed by atoms with Gasteiger partial charge in [0.2, 0.25) is 5.88 Å². The third-order valence-corrected chi connectivity index (χ3v) is 4.09. The van der Waals surface area contributed by atoms with Crippen LogP contribution in [0.3, 0.4) is 0 Å². The third-order valence-electron chi connectivity index (χ3n) is 3.63. The van der Waals surface area contributed by atoms with E-state index in [0.29, 0.717) is 19.0 Å². The van der Waals surface area contributed by atoms with Crippen LogP contribution in [0.2, 0.25) is 0 Å². The molecule has 1 saturated carbocycles. The minimum Gasteiger partial charge on any atom is -0.473 e. The summed E-state index contributed by atoms with van der Waals surface area (Å²) in [7, 11) is 0. The number of aliphatic hydroxyl groups is 2. The number of aliphatic hydroxyl groups excluding tert-OH is 1. The van der Waals surface area contributed by atoms with E-state index < -0.39 is 11.7 Å². The van der Waals surface area contributed by atoms with E-state index in [4.69, 9.17) is 4.74 Å². The van der Waals surface area contributed by atoms with Crippen molar-refractivity contribution in [2.24, 2.45) is 0 Å². The first-order chi connectivity index (χ1) is 9.68. The van der Waals surface area contributed by atoms with Gasteiger partial charge in [0.15, 0.2) is 0 Å². The molecule has 3 N–H and O–H groups in total. The first-order valence-electron chi connectivity index (χ1n) is 7.19. The summed E-state index contributed by atoms with van der Waals surface area (Å²) >= 11 is 1.07. The van der Waals surface area contributed by atoms with Gasteiger partial charge in [0, 0.05) is 13.1 Å². The Kier molecular flexibility index (Phi) is 6.15. The first kappa shape index (κ1) is 15.6. The number of hydrogen-bond donors (Lipinski definition) is 3. The molecule has 6 nitrogen and oxygen atoms in total. The SMILES string of the molecule is OC(CNCC1(O)CCCCCC1)COc1cnsn1. The monoisotopic (exact) mass is 301 g/mol. The van der Waals surface area contributed by atoms with Crippen molar-refractivity contribution in [1.29, 1.82) is 0 Å². The summed E-state index contributed by atoms with van der Waals surface area (Å²) in [5.41, 5.74) is -0.615. The Morgan fingerprint density at radius 3 is 2.75 bits per heavy atom. The summed E-state index contributed by atoms with van der Waals surface area (Å²) < 4.78 is 13.0. The molecular formula is C13H23N3O3S. The largest absolute Gasteiger partial charge is 0.473 e. The van der Waals surface area contributed by atoms with Gasteiger partial charge < -0.3 is 20.3 Å². The predicted molar refractivity (Wildman–Crippen MR) is 76.9 cm³/mol. The van der Waals surface area contributed by atoms with Crippen LogP contribution in [0.15, 0.2) is 6.20 Å². The lowest BCUT2D eigenvalue weighted by Gasteiger charge is -2.27. The molecule has 1 heterocycles. The van der Waals surface area contributed by atoms with E-state index in [0.717, 1.165) is 37.4 Å². The summed E-state index contributed by atoms with van der Waals surface area (Å²) in [5, 5.41) is 23.4. The second-order valence-electron chi connectivity index (χ2n) is 5.48. The highest BCUT2D eigenvalue weighted by atomic mass is 32.1. The van der Waals surface area contributed by atoms with Crippen molar-refractivity contribution in [2.75, 3.05) is 19.7 Å². The van der Waals surface area contributed by atoms with E-state index >= 15 is 0 Å². The molecule has 0 amide bonds. The second-order valence-corrected chi connectivity index (χ2v) is 6.04. The first-order valence-corrected chi connectivity index (χ1v) is 7.92. The van der Waals surface area contributed by atoms with Crippen molar-refractivity contribution >= 4 is 11.7 Å². The summed E-state index contributed by atoms with van der Waals surface area (Å²) in [5.74, 6) is 0.441. The molecule has 1 unspecified atom stereocenters. The van der Waals surface area contributed by atoms with Crippen LogP contribution in [-0.2, 0) is 0 Å². The molecule has 1 aromatic rings. The zero-order valence-corrected chi connectivity index (χ0v) is 12.4. The molecule has 1 aliphatic rings. The van der Waals surface area contributed by atoms with E-state index in [1.807, 2.05) is 0 Å². The number of aromatic nitrogens is 2. The molecule has 1 aliphatic carbocycles. The Balaban J connectivity index is 1.61. The highest BCUT2D eigenvalue weighted by molar-refractivity contribution is 6.99. The number of nitrogens with one attached hydrogen (secondary N) is 1. The van der Waals surface area contributed by atoms with Crippen LogP contribution < -0.4 is 10.1 Å². The fourth-order valence-electron chi connectivity index (χ4n) is 2.50. The zero-order valence-electron chi connectivity index (χ0n) is 11.6. The zero-order chi connectivity index (χ0) is 14.3. The fraction of sp³-hybridized carbons (Fsp3) is 0.846. The molecule has 0 saturated heterocycles. The molecule has 0 radical (unpaired) electrons. The Labute approximate surface area is 123 Å². The number of rotatable bonds is 7. The Morgan fingerprint density at radius 1 is 1.35 bits per heavy atom. The summed E-state index contributed by atoms with van der Waals surface area (Å²) in [6.07, 6.45) is 7.18. The van der Waals surface area contributed by atoms with Crippen LogP contribution in [-0.4, -0.2) is 50.4 Å². The molecule has 20 heavy (non-hydrogen) atoms. The molecule has 0 spiro atoms. The third kappa shape index (κ3) is 5.32. The molecular weight excluding hydrogens is 278 g/mol. The Hall–Kier alpha value is -0.760. The molecule has 0 aromatic carbocycles. The predicted octanol–water partition coefficient (Wildman–Crippen LogP) is 0.953. The fourth-order valence-corrected chi connectivity index (χ4v) is 2.86. The van der Waals surface area contributed by atoms with Gasteiger partial charge >= 0.3 is 0 Å². The second kappa shape index (κ2) is 7.87. The molecule has 1 aromatic heterocycles. The van der Waals surface area contributed by atoms with Crippen LogP contribution in [0.4, 0.5) is 0 Å². The number of nitrogens with zero attached hydrogens (tertiary/aromatic N) is 2. The summed E-state index contributed by atoms with van der Waals surface area (Å²) in [6.45, 7) is 1.11. The standard InChI is InChI=1S/C13H23N3O3S/c17-11(9-19-12-8-15-20-16-12)7-14-10-13(18)5-3-1-2-4-6-13/h8,11,14,17-18H,1-7,9-10H2. The van der Waals surface area contributed by atoms with Crippen LogP contribution in [0.25, 0.3) is 0 Å². The van der Waals surface area contributed by atoms with Crippen LogP contribution in [0, 0.1) is 0 Å². The van der Waals surface area contributed by atoms with Crippen molar-refractivity contribution in [3.05, 3.63) is 6.20 Å². The van der Waals surface area contributed by atoms with Gasteiger partial charge in [-0.2, -0.15) is 4.37 Å². The molecule has 0 bridgehead atoms. The van der Waals surface area contributed by atoms with Gasteiger partial charge in [0.1, 0.15) is 18.9 Å². The lowest BCUT2D eigenvalue weighted by molar-refractivity contribution is 0.0203. The highest BCUT2D eigenvalue weighted by Crippen LogP contribution is 2.26. The topological polar surface area (TPSA) is 87.5 Å². The maximum Gasteiger partial charge on any atom is 0.245 e. The molecule has 1 fully saturated rings. The quantitative estimate of drug-likeness (QED) is 0.650. The molecule has 0 aliphatic heterocycles. The number of hydrogen-bond acceptors (Lipinski definition) is 7. The van der Waals surface area contributed by atoms with E-state index in [1.165, 1.54) is 19.0 Å². The lowest BCUT2D eigenvalue weighted by atomic mass is 9.94. The Bertz CT molecular complexity index is 367. The molecule has 7 heteroatoms. The number of ether oxygens (including phenoxy) is 1. The van der Waals surface area contributed by atoms with Gasteiger partial charge in [-0.25, -0.2) is 0 Å². The van der Waals surface area contributed by atoms with Crippen molar-refractivity contribution in [3.8, 4) is 5.88 Å². The van der Waals surface area contributed by atoms with Crippen LogP contribution in [0.5, 0.6) is 5.88 Å². The normalized spacial score (nSPS) is 20.3. The van der Waals surface area contributed by atoms with Crippen molar-refractivity contribution < 1.29 is 14.9 Å². The van der Waals surface area contributed by atoms with Crippen molar-refractivity contribution in [1.82, 2.24) is 14.1 Å². The van der Waals surface area contributed by atoms with Gasteiger partial charge in [0.25, 0.3) is 0 Å². The minimum absolute atomic E-state index is 0.177. The maximum atomic E-state index is 10.5. The lowest BCUT2D eigenvalue weighted by Crippen LogP contribution is -2.43. The van der Waals surface area contributed by atoms with Gasteiger partial charge in [-0.05, 0) is 12.8 Å². The molecule has 2 rings (SSSR count). The van der Waals surface area contributed by atoms with Crippen LogP contribution in [0.1, 0.15) is 38.5 Å². The average molecular weight is 301 g/mol. The van der Waals surface area contributed by atoms with Crippen molar-refractivity contribution in [3.63, 3.8) is 0 Å². The average Bonchev–Trinajstić information content (AvgIpc) is 2.85. The van der Waals surface area contributed by atoms with Gasteiger partial charge in [-0.1, -0.05) is 25.7 Å². The minimum atomic E-state index is -0.619. The summed E-state index contributed by atoms with van der Waals surface area (Å²) in [4.78, 5) is 0. The van der Waals surface area contributed by atoms with Gasteiger partial charge in [-0.15, -0.1) is 4.37 Å². The van der Waals surface area contributed by atoms with Crippen LogP contribution >= 0.6 is 11.7 Å². The smallest absolute Gasteiger partial charge is 0.245 e. The molecule has 114 valence electrons. The highest BCUT2D eigenvalue weighted by Gasteiger charge is 2.27. The van der Waals surface area contributed by atoms with Gasteiger partial charge in [0.05, 0.1) is 17.3 Å². The van der Waals surface area contributed by atoms with Gasteiger partial charge in [-0.3, -0.25) is 0 Å². The maximum absolute atomic E-state index is 10.5. The van der Waals surface area contributed by atoms with E-state index in [-0.39, 0.29) is 6.61 Å². The molecule has 1 atom stereocenters. The van der Waals surface area contributed by atoms with E-state index in [2.05, 4.69) is 14.1 Å². The summed E-state index contributed by atoms with van der Waals surface area (Å²) in [6, 6.07) is 0.